The maximum atomic E-state index is 13.3. The molecule has 1 rings (SSSR count). The summed E-state index contributed by atoms with van der Waals surface area (Å²) in [5.41, 5.74) is 3.42. The van der Waals surface area contributed by atoms with Crippen LogP contribution in [0.1, 0.15) is 5.56 Å². The van der Waals surface area contributed by atoms with E-state index >= 15 is 0 Å². The molecule has 0 atom stereocenters. The van der Waals surface area contributed by atoms with Gasteiger partial charge in [-0.1, -0.05) is 0 Å². The average molecular weight is 216 g/mol. The highest BCUT2D eigenvalue weighted by molar-refractivity contribution is 5.49. The summed E-state index contributed by atoms with van der Waals surface area (Å²) in [5.74, 6) is -1.68. The number of benzene rings is 1. The zero-order valence-corrected chi connectivity index (χ0v) is 8.97. The lowest BCUT2D eigenvalue weighted by Crippen LogP contribution is -2.15. The summed E-state index contributed by atoms with van der Waals surface area (Å²) in [7, 11) is 4.78. The van der Waals surface area contributed by atoms with Crippen molar-refractivity contribution in [2.24, 2.45) is 0 Å². The molecule has 0 aliphatic heterocycles. The normalized spacial score (nSPS) is 10.5. The highest BCUT2D eigenvalue weighted by Crippen LogP contribution is 2.21. The molecule has 0 fully saturated rings. The van der Waals surface area contributed by atoms with Crippen LogP contribution in [0.4, 0.5) is 14.5 Å². The molecule has 0 heterocycles. The summed E-state index contributed by atoms with van der Waals surface area (Å²) in [6.45, 7) is 0.328. The summed E-state index contributed by atoms with van der Waals surface area (Å²) in [4.78, 5) is 6.16. The van der Waals surface area contributed by atoms with E-state index in [9.17, 15) is 8.78 Å². The molecular formula is C10H14F2N2O. The van der Waals surface area contributed by atoms with Gasteiger partial charge < -0.3 is 9.74 Å². The van der Waals surface area contributed by atoms with E-state index in [4.69, 9.17) is 0 Å². The van der Waals surface area contributed by atoms with Gasteiger partial charge in [-0.25, -0.2) is 8.78 Å². The van der Waals surface area contributed by atoms with E-state index in [1.807, 2.05) is 0 Å². The SMILES string of the molecule is CONCc1cc(F)c(F)c(N(C)C)c1. The van der Waals surface area contributed by atoms with Crippen molar-refractivity contribution in [1.29, 1.82) is 0 Å². The molecule has 15 heavy (non-hydrogen) atoms. The number of nitrogens with zero attached hydrogens (tertiary/aromatic N) is 1. The molecule has 0 aromatic heterocycles. The lowest BCUT2D eigenvalue weighted by atomic mass is 10.1. The number of anilines is 1. The first-order valence-corrected chi connectivity index (χ1v) is 4.47. The van der Waals surface area contributed by atoms with Gasteiger partial charge >= 0.3 is 0 Å². The second-order valence-electron chi connectivity index (χ2n) is 3.33. The quantitative estimate of drug-likeness (QED) is 0.775. The topological polar surface area (TPSA) is 24.5 Å². The maximum Gasteiger partial charge on any atom is 0.182 e. The Hall–Kier alpha value is -1.20. The number of hydrogen-bond donors (Lipinski definition) is 1. The van der Waals surface area contributed by atoms with Crippen LogP contribution in [-0.2, 0) is 11.4 Å². The van der Waals surface area contributed by atoms with E-state index in [1.54, 1.807) is 20.2 Å². The van der Waals surface area contributed by atoms with Crippen LogP contribution in [0.3, 0.4) is 0 Å². The molecule has 1 aromatic rings. The molecule has 0 saturated carbocycles. The highest BCUT2D eigenvalue weighted by atomic mass is 19.2. The summed E-state index contributed by atoms with van der Waals surface area (Å²) < 4.78 is 26.4. The van der Waals surface area contributed by atoms with E-state index in [0.717, 1.165) is 6.07 Å². The molecule has 3 nitrogen and oxygen atoms in total. The molecule has 0 spiro atoms. The van der Waals surface area contributed by atoms with Crippen molar-refractivity contribution < 1.29 is 13.6 Å². The first-order valence-electron chi connectivity index (χ1n) is 4.47. The first-order chi connectivity index (χ1) is 7.06. The lowest BCUT2D eigenvalue weighted by molar-refractivity contribution is 0.0866. The van der Waals surface area contributed by atoms with Crippen LogP contribution in [0, 0.1) is 11.6 Å². The van der Waals surface area contributed by atoms with Gasteiger partial charge in [0.05, 0.1) is 12.8 Å². The summed E-state index contributed by atoms with van der Waals surface area (Å²) >= 11 is 0. The largest absolute Gasteiger partial charge is 0.375 e. The van der Waals surface area contributed by atoms with E-state index in [2.05, 4.69) is 10.3 Å². The zero-order chi connectivity index (χ0) is 11.4. The number of rotatable bonds is 4. The summed E-state index contributed by atoms with van der Waals surface area (Å²) in [5, 5.41) is 0. The van der Waals surface area contributed by atoms with Crippen molar-refractivity contribution in [1.82, 2.24) is 5.48 Å². The van der Waals surface area contributed by atoms with Crippen molar-refractivity contribution in [3.63, 3.8) is 0 Å². The summed E-state index contributed by atoms with van der Waals surface area (Å²) in [6, 6.07) is 2.72. The fourth-order valence-corrected chi connectivity index (χ4v) is 1.21. The Morgan fingerprint density at radius 3 is 2.53 bits per heavy atom. The third-order valence-electron chi connectivity index (χ3n) is 1.97. The van der Waals surface area contributed by atoms with Crippen LogP contribution < -0.4 is 10.4 Å². The third kappa shape index (κ3) is 2.87. The van der Waals surface area contributed by atoms with Crippen LogP contribution in [-0.4, -0.2) is 21.2 Å². The van der Waals surface area contributed by atoms with Gasteiger partial charge in [0.15, 0.2) is 11.6 Å². The standard InChI is InChI=1S/C10H14F2N2O/c1-14(2)9-5-7(6-13-15-3)4-8(11)10(9)12/h4-5,13H,6H2,1-3H3. The van der Waals surface area contributed by atoms with Crippen LogP contribution in [0.25, 0.3) is 0 Å². The summed E-state index contributed by atoms with van der Waals surface area (Å²) in [6.07, 6.45) is 0. The van der Waals surface area contributed by atoms with Gasteiger partial charge in [0.1, 0.15) is 0 Å². The molecule has 0 bridgehead atoms. The second-order valence-corrected chi connectivity index (χ2v) is 3.33. The predicted molar refractivity (Wildman–Crippen MR) is 54.5 cm³/mol. The smallest absolute Gasteiger partial charge is 0.182 e. The Labute approximate surface area is 87.6 Å². The van der Waals surface area contributed by atoms with Crippen molar-refractivity contribution in [2.45, 2.75) is 6.54 Å². The number of hydroxylamine groups is 1. The van der Waals surface area contributed by atoms with Crippen molar-refractivity contribution in [3.05, 3.63) is 29.3 Å². The number of halogens is 2. The molecule has 0 saturated heterocycles. The predicted octanol–water partition coefficient (Wildman–Crippen LogP) is 1.68. The van der Waals surface area contributed by atoms with Crippen molar-refractivity contribution in [2.75, 3.05) is 26.1 Å². The van der Waals surface area contributed by atoms with Crippen LogP contribution in [0.15, 0.2) is 12.1 Å². The molecule has 0 amide bonds. The Balaban J connectivity index is 3.00. The van der Waals surface area contributed by atoms with E-state index in [0.29, 0.717) is 12.1 Å². The monoisotopic (exact) mass is 216 g/mol. The fraction of sp³-hybridized carbons (Fsp3) is 0.400. The van der Waals surface area contributed by atoms with Gasteiger partial charge in [-0.3, -0.25) is 0 Å². The van der Waals surface area contributed by atoms with Crippen LogP contribution in [0.5, 0.6) is 0 Å². The molecule has 5 heteroatoms. The third-order valence-corrected chi connectivity index (χ3v) is 1.97. The Bertz CT molecular complexity index is 342. The lowest BCUT2D eigenvalue weighted by Gasteiger charge is -2.15. The van der Waals surface area contributed by atoms with Gasteiger partial charge in [-0.15, -0.1) is 0 Å². The number of nitrogens with one attached hydrogen (secondary N) is 1. The minimum absolute atomic E-state index is 0.225. The minimum atomic E-state index is -0.853. The molecule has 1 N–H and O–H groups in total. The van der Waals surface area contributed by atoms with E-state index < -0.39 is 11.6 Å². The van der Waals surface area contributed by atoms with E-state index in [1.165, 1.54) is 12.0 Å². The van der Waals surface area contributed by atoms with Crippen molar-refractivity contribution >= 4 is 5.69 Å². The molecule has 0 unspecified atom stereocenters. The minimum Gasteiger partial charge on any atom is -0.375 e. The molecule has 0 radical (unpaired) electrons. The molecule has 0 aliphatic carbocycles. The molecule has 84 valence electrons. The average Bonchev–Trinajstić information content (AvgIpc) is 2.19. The van der Waals surface area contributed by atoms with Gasteiger partial charge in [0.25, 0.3) is 0 Å². The van der Waals surface area contributed by atoms with Gasteiger partial charge in [0.2, 0.25) is 0 Å². The first kappa shape index (κ1) is 11.9. The van der Waals surface area contributed by atoms with E-state index in [-0.39, 0.29) is 5.69 Å². The Morgan fingerprint density at radius 2 is 2.00 bits per heavy atom. The maximum absolute atomic E-state index is 13.3. The molecule has 1 aromatic carbocycles. The molecular weight excluding hydrogens is 202 g/mol. The van der Waals surface area contributed by atoms with Gasteiger partial charge in [-0.05, 0) is 17.7 Å². The van der Waals surface area contributed by atoms with Crippen molar-refractivity contribution in [3.8, 4) is 0 Å². The fourth-order valence-electron chi connectivity index (χ4n) is 1.21. The number of hydrogen-bond acceptors (Lipinski definition) is 3. The van der Waals surface area contributed by atoms with Gasteiger partial charge in [0, 0.05) is 20.6 Å². The highest BCUT2D eigenvalue weighted by Gasteiger charge is 2.11. The van der Waals surface area contributed by atoms with Crippen LogP contribution >= 0.6 is 0 Å². The van der Waals surface area contributed by atoms with Crippen LogP contribution in [0.2, 0.25) is 0 Å². The zero-order valence-electron chi connectivity index (χ0n) is 8.97. The molecule has 0 aliphatic rings. The Kier molecular flexibility index (Phi) is 3.99. The Morgan fingerprint density at radius 1 is 1.33 bits per heavy atom. The van der Waals surface area contributed by atoms with Gasteiger partial charge in [-0.2, -0.15) is 5.48 Å². The second kappa shape index (κ2) is 5.04.